The topological polar surface area (TPSA) is 56.7 Å². The van der Waals surface area contributed by atoms with Gasteiger partial charge in [-0.15, -0.1) is 0 Å². The van der Waals surface area contributed by atoms with Crippen molar-refractivity contribution in [2.45, 2.75) is 19.9 Å². The number of nitrogens with zero attached hydrogens (tertiary/aromatic N) is 3. The zero-order valence-electron chi connectivity index (χ0n) is 8.72. The van der Waals surface area contributed by atoms with E-state index in [0.29, 0.717) is 5.82 Å². The molecule has 0 aliphatic carbocycles. The first-order chi connectivity index (χ1) is 7.28. The number of nitrogens with two attached hydrogens (primary N) is 1. The largest absolute Gasteiger partial charge is 0.384 e. The molecule has 0 aromatic carbocycles. The standard InChI is InChI=1S/C11H14N4/c1-2-15-8-10(7-14-15)5-9-3-4-13-11(12)6-9/h3-4,6-8H,2,5H2,1H3,(H2,12,13). The maximum atomic E-state index is 5.61. The Morgan fingerprint density at radius 2 is 2.27 bits per heavy atom. The minimum atomic E-state index is 0.565. The van der Waals surface area contributed by atoms with E-state index < -0.39 is 0 Å². The first-order valence-electron chi connectivity index (χ1n) is 4.99. The van der Waals surface area contributed by atoms with Gasteiger partial charge in [0.1, 0.15) is 5.82 Å². The summed E-state index contributed by atoms with van der Waals surface area (Å²) in [5, 5.41) is 4.22. The number of hydrogen-bond acceptors (Lipinski definition) is 3. The molecule has 0 bridgehead atoms. The smallest absolute Gasteiger partial charge is 0.123 e. The molecule has 0 atom stereocenters. The number of pyridine rings is 1. The summed E-state index contributed by atoms with van der Waals surface area (Å²) in [5.74, 6) is 0.565. The van der Waals surface area contributed by atoms with Crippen molar-refractivity contribution in [3.8, 4) is 0 Å². The predicted octanol–water partition coefficient (Wildman–Crippen LogP) is 1.47. The lowest BCUT2D eigenvalue weighted by atomic mass is 10.1. The highest BCUT2D eigenvalue weighted by Crippen LogP contribution is 2.09. The van der Waals surface area contributed by atoms with Crippen molar-refractivity contribution >= 4 is 5.82 Å². The van der Waals surface area contributed by atoms with Crippen LogP contribution >= 0.6 is 0 Å². The highest BCUT2D eigenvalue weighted by Gasteiger charge is 2.00. The summed E-state index contributed by atoms with van der Waals surface area (Å²) >= 11 is 0. The van der Waals surface area contributed by atoms with Crippen molar-refractivity contribution in [2.24, 2.45) is 0 Å². The molecule has 0 saturated carbocycles. The monoisotopic (exact) mass is 202 g/mol. The summed E-state index contributed by atoms with van der Waals surface area (Å²) in [6.07, 6.45) is 6.53. The molecule has 2 aromatic rings. The van der Waals surface area contributed by atoms with E-state index in [2.05, 4.69) is 23.2 Å². The molecule has 2 heterocycles. The van der Waals surface area contributed by atoms with Crippen LogP contribution in [0.3, 0.4) is 0 Å². The molecule has 78 valence electrons. The Hall–Kier alpha value is -1.84. The van der Waals surface area contributed by atoms with E-state index in [-0.39, 0.29) is 0 Å². The Labute approximate surface area is 88.8 Å². The average Bonchev–Trinajstić information content (AvgIpc) is 2.65. The highest BCUT2D eigenvalue weighted by molar-refractivity contribution is 5.34. The molecule has 0 spiro atoms. The Morgan fingerprint density at radius 1 is 1.40 bits per heavy atom. The summed E-state index contributed by atoms with van der Waals surface area (Å²) < 4.78 is 1.92. The molecular weight excluding hydrogens is 188 g/mol. The summed E-state index contributed by atoms with van der Waals surface area (Å²) in [4.78, 5) is 3.96. The van der Waals surface area contributed by atoms with Gasteiger partial charge in [-0.25, -0.2) is 4.98 Å². The summed E-state index contributed by atoms with van der Waals surface area (Å²) in [7, 11) is 0. The molecule has 0 amide bonds. The average molecular weight is 202 g/mol. The summed E-state index contributed by atoms with van der Waals surface area (Å²) in [6, 6.07) is 3.86. The molecule has 2 aromatic heterocycles. The second kappa shape index (κ2) is 4.13. The Balaban J connectivity index is 2.14. The van der Waals surface area contributed by atoms with Crippen molar-refractivity contribution in [2.75, 3.05) is 5.73 Å². The van der Waals surface area contributed by atoms with Crippen LogP contribution in [0.1, 0.15) is 18.1 Å². The van der Waals surface area contributed by atoms with Crippen LogP contribution in [-0.2, 0) is 13.0 Å². The maximum absolute atomic E-state index is 5.61. The third kappa shape index (κ3) is 2.34. The van der Waals surface area contributed by atoms with Gasteiger partial charge in [0.05, 0.1) is 6.20 Å². The van der Waals surface area contributed by atoms with Crippen LogP contribution in [0.2, 0.25) is 0 Å². The third-order valence-electron chi connectivity index (χ3n) is 2.26. The second-order valence-electron chi connectivity index (χ2n) is 3.47. The van der Waals surface area contributed by atoms with Crippen LogP contribution in [0.25, 0.3) is 0 Å². The molecule has 0 fully saturated rings. The third-order valence-corrected chi connectivity index (χ3v) is 2.26. The molecule has 4 nitrogen and oxygen atoms in total. The lowest BCUT2D eigenvalue weighted by Crippen LogP contribution is -1.94. The first kappa shape index (κ1) is 9.71. The van der Waals surface area contributed by atoms with Gasteiger partial charge >= 0.3 is 0 Å². The molecule has 0 unspecified atom stereocenters. The van der Waals surface area contributed by atoms with E-state index >= 15 is 0 Å². The van der Waals surface area contributed by atoms with Crippen LogP contribution in [0.4, 0.5) is 5.82 Å². The molecule has 0 radical (unpaired) electrons. The van der Waals surface area contributed by atoms with Gasteiger partial charge in [-0.05, 0) is 30.2 Å². The zero-order chi connectivity index (χ0) is 10.7. The number of aryl methyl sites for hydroxylation is 1. The molecule has 4 heteroatoms. The van der Waals surface area contributed by atoms with Crippen molar-refractivity contribution < 1.29 is 0 Å². The van der Waals surface area contributed by atoms with Crippen molar-refractivity contribution in [1.29, 1.82) is 0 Å². The van der Waals surface area contributed by atoms with E-state index in [4.69, 9.17) is 5.73 Å². The second-order valence-corrected chi connectivity index (χ2v) is 3.47. The molecule has 0 saturated heterocycles. The van der Waals surface area contributed by atoms with Gasteiger partial charge in [0, 0.05) is 25.4 Å². The molecule has 15 heavy (non-hydrogen) atoms. The van der Waals surface area contributed by atoms with Gasteiger partial charge in [-0.2, -0.15) is 5.10 Å². The van der Waals surface area contributed by atoms with Gasteiger partial charge in [-0.3, -0.25) is 4.68 Å². The van der Waals surface area contributed by atoms with Gasteiger partial charge in [0.15, 0.2) is 0 Å². The van der Waals surface area contributed by atoms with Gasteiger partial charge < -0.3 is 5.73 Å². The van der Waals surface area contributed by atoms with Crippen LogP contribution < -0.4 is 5.73 Å². The normalized spacial score (nSPS) is 10.5. The minimum Gasteiger partial charge on any atom is -0.384 e. The van der Waals surface area contributed by atoms with Gasteiger partial charge in [0.25, 0.3) is 0 Å². The van der Waals surface area contributed by atoms with Crippen LogP contribution in [0, 0.1) is 0 Å². The van der Waals surface area contributed by atoms with Crippen molar-refractivity contribution in [3.05, 3.63) is 41.9 Å². The SMILES string of the molecule is CCn1cc(Cc2ccnc(N)c2)cn1. The van der Waals surface area contributed by atoms with Gasteiger partial charge in [-0.1, -0.05) is 0 Å². The van der Waals surface area contributed by atoms with E-state index in [9.17, 15) is 0 Å². The van der Waals surface area contributed by atoms with E-state index in [0.717, 1.165) is 18.5 Å². The van der Waals surface area contributed by atoms with Gasteiger partial charge in [0.2, 0.25) is 0 Å². The number of rotatable bonds is 3. The van der Waals surface area contributed by atoms with Crippen LogP contribution in [0.5, 0.6) is 0 Å². The van der Waals surface area contributed by atoms with E-state index in [1.54, 1.807) is 6.20 Å². The predicted molar refractivity (Wildman–Crippen MR) is 59.4 cm³/mol. The Kier molecular flexibility index (Phi) is 2.67. The fraction of sp³-hybridized carbons (Fsp3) is 0.273. The molecule has 2 rings (SSSR count). The van der Waals surface area contributed by atoms with Crippen molar-refractivity contribution in [1.82, 2.24) is 14.8 Å². The Morgan fingerprint density at radius 3 is 2.93 bits per heavy atom. The fourth-order valence-electron chi connectivity index (χ4n) is 1.51. The number of anilines is 1. The lowest BCUT2D eigenvalue weighted by Gasteiger charge is -1.99. The highest BCUT2D eigenvalue weighted by atomic mass is 15.3. The number of aromatic nitrogens is 3. The number of nitrogen functional groups attached to an aromatic ring is 1. The quantitative estimate of drug-likeness (QED) is 0.820. The van der Waals surface area contributed by atoms with E-state index in [1.165, 1.54) is 5.56 Å². The number of hydrogen-bond donors (Lipinski definition) is 1. The molecule has 2 N–H and O–H groups in total. The zero-order valence-corrected chi connectivity index (χ0v) is 8.72. The maximum Gasteiger partial charge on any atom is 0.123 e. The molecule has 0 aliphatic heterocycles. The Bertz CT molecular complexity index is 447. The van der Waals surface area contributed by atoms with Crippen LogP contribution in [-0.4, -0.2) is 14.8 Å². The van der Waals surface area contributed by atoms with E-state index in [1.807, 2.05) is 23.0 Å². The molecular formula is C11H14N4. The summed E-state index contributed by atoms with van der Waals surface area (Å²) in [6.45, 7) is 2.97. The fourth-order valence-corrected chi connectivity index (χ4v) is 1.51. The lowest BCUT2D eigenvalue weighted by molar-refractivity contribution is 0.659. The minimum absolute atomic E-state index is 0.565. The molecule has 0 aliphatic rings. The van der Waals surface area contributed by atoms with Crippen LogP contribution in [0.15, 0.2) is 30.7 Å². The summed E-state index contributed by atoms with van der Waals surface area (Å²) in [5.41, 5.74) is 7.97. The first-order valence-corrected chi connectivity index (χ1v) is 4.99. The van der Waals surface area contributed by atoms with Crippen molar-refractivity contribution in [3.63, 3.8) is 0 Å².